The number of carbonyl (C=O) groups is 2. The van der Waals surface area contributed by atoms with Gasteiger partial charge in [0.05, 0.1) is 0 Å². The van der Waals surface area contributed by atoms with Crippen LogP contribution in [0.5, 0.6) is 0 Å². The van der Waals surface area contributed by atoms with Crippen molar-refractivity contribution in [3.05, 3.63) is 0 Å². The summed E-state index contributed by atoms with van der Waals surface area (Å²) in [6.45, 7) is 5.39. The van der Waals surface area contributed by atoms with Gasteiger partial charge in [0.1, 0.15) is 11.7 Å². The van der Waals surface area contributed by atoms with Gasteiger partial charge in [-0.25, -0.2) is 0 Å². The molecule has 2 atom stereocenters. The van der Waals surface area contributed by atoms with Crippen LogP contribution < -0.4 is 0 Å². The van der Waals surface area contributed by atoms with Crippen LogP contribution in [0.15, 0.2) is 0 Å². The van der Waals surface area contributed by atoms with Gasteiger partial charge in [-0.15, -0.1) is 0 Å². The average molecular weight is 172 g/mol. The van der Waals surface area contributed by atoms with Gasteiger partial charge < -0.3 is 5.11 Å². The second kappa shape index (κ2) is 4.91. The number of rotatable bonds is 5. The molecule has 0 bridgehead atoms. The first kappa shape index (κ1) is 11.1. The molecule has 0 aliphatic heterocycles. The molecule has 0 aromatic rings. The first-order valence-corrected chi connectivity index (χ1v) is 4.30. The molecule has 12 heavy (non-hydrogen) atoms. The minimum Gasteiger partial charge on any atom is -0.481 e. The Hall–Kier alpha value is -0.860. The highest BCUT2D eigenvalue weighted by molar-refractivity contribution is 5.98. The first-order chi connectivity index (χ1) is 5.54. The molecule has 0 aliphatic rings. The highest BCUT2D eigenvalue weighted by Crippen LogP contribution is 2.17. The van der Waals surface area contributed by atoms with E-state index in [0.29, 0.717) is 6.42 Å². The lowest BCUT2D eigenvalue weighted by molar-refractivity contribution is -0.148. The van der Waals surface area contributed by atoms with Gasteiger partial charge in [-0.3, -0.25) is 9.59 Å². The van der Waals surface area contributed by atoms with Gasteiger partial charge in [-0.05, 0) is 5.92 Å². The third-order valence-corrected chi connectivity index (χ3v) is 2.17. The second-order valence-corrected chi connectivity index (χ2v) is 3.02. The lowest BCUT2D eigenvalue weighted by Gasteiger charge is -2.16. The molecule has 0 radical (unpaired) electrons. The predicted octanol–water partition coefficient (Wildman–Crippen LogP) is 1.71. The van der Waals surface area contributed by atoms with E-state index in [4.69, 9.17) is 5.11 Å². The van der Waals surface area contributed by atoms with E-state index >= 15 is 0 Å². The van der Waals surface area contributed by atoms with Gasteiger partial charge in [-0.2, -0.15) is 0 Å². The van der Waals surface area contributed by atoms with Gasteiger partial charge in [-0.1, -0.05) is 27.2 Å². The minimum absolute atomic E-state index is 0.0602. The van der Waals surface area contributed by atoms with E-state index in [-0.39, 0.29) is 11.7 Å². The highest BCUT2D eigenvalue weighted by Gasteiger charge is 2.29. The highest BCUT2D eigenvalue weighted by atomic mass is 16.4. The molecule has 0 spiro atoms. The van der Waals surface area contributed by atoms with Crippen molar-refractivity contribution in [2.45, 2.75) is 33.6 Å². The molecule has 0 amide bonds. The fraction of sp³-hybridized carbons (Fsp3) is 0.778. The van der Waals surface area contributed by atoms with Crippen LogP contribution in [0.25, 0.3) is 0 Å². The Morgan fingerprint density at radius 3 is 2.08 bits per heavy atom. The van der Waals surface area contributed by atoms with Crippen molar-refractivity contribution in [1.82, 2.24) is 0 Å². The largest absolute Gasteiger partial charge is 0.481 e. The Morgan fingerprint density at radius 1 is 1.33 bits per heavy atom. The smallest absolute Gasteiger partial charge is 0.314 e. The molecule has 1 N–H and O–H groups in total. The normalized spacial score (nSPS) is 15.2. The van der Waals surface area contributed by atoms with E-state index in [2.05, 4.69) is 0 Å². The Labute approximate surface area is 72.8 Å². The summed E-state index contributed by atoms with van der Waals surface area (Å²) in [4.78, 5) is 21.9. The van der Waals surface area contributed by atoms with Crippen molar-refractivity contribution in [3.63, 3.8) is 0 Å². The molecule has 0 aromatic carbocycles. The molecule has 3 heteroatoms. The zero-order valence-corrected chi connectivity index (χ0v) is 7.83. The molecule has 0 aromatic heterocycles. The summed E-state index contributed by atoms with van der Waals surface area (Å²) in [5.74, 6) is -2.02. The Balaban J connectivity index is 4.43. The number of Topliss-reactive ketones (excluding diaryl/α,β-unsaturated/α-hetero) is 1. The molecule has 0 rings (SSSR count). The van der Waals surface area contributed by atoms with Crippen LogP contribution in [0.1, 0.15) is 33.6 Å². The maximum atomic E-state index is 11.2. The lowest BCUT2D eigenvalue weighted by atomic mass is 9.87. The summed E-state index contributed by atoms with van der Waals surface area (Å²) < 4.78 is 0. The molecule has 0 aliphatic carbocycles. The van der Waals surface area contributed by atoms with Crippen LogP contribution in [-0.4, -0.2) is 16.9 Å². The fourth-order valence-electron chi connectivity index (χ4n) is 1.15. The standard InChI is InChI=1S/C9H16O3/c1-4-6(3)8(9(11)12)7(10)5-2/h6,8H,4-5H2,1-3H3,(H,11,12). The van der Waals surface area contributed by atoms with E-state index in [1.807, 2.05) is 6.92 Å². The van der Waals surface area contributed by atoms with E-state index in [1.165, 1.54) is 0 Å². The number of aliphatic carboxylic acids is 1. The summed E-state index contributed by atoms with van der Waals surface area (Å²) in [5.41, 5.74) is 0. The zero-order valence-electron chi connectivity index (χ0n) is 7.83. The van der Waals surface area contributed by atoms with Crippen LogP contribution in [0.2, 0.25) is 0 Å². The van der Waals surface area contributed by atoms with Gasteiger partial charge in [0.25, 0.3) is 0 Å². The monoisotopic (exact) mass is 172 g/mol. The SMILES string of the molecule is CCC(=O)C(C(=O)O)C(C)CC. The Morgan fingerprint density at radius 2 is 1.83 bits per heavy atom. The van der Waals surface area contributed by atoms with Crippen LogP contribution in [0, 0.1) is 11.8 Å². The maximum absolute atomic E-state index is 11.2. The summed E-state index contributed by atoms with van der Waals surface area (Å²) in [6.07, 6.45) is 1.03. The summed E-state index contributed by atoms with van der Waals surface area (Å²) in [7, 11) is 0. The van der Waals surface area contributed by atoms with Crippen LogP contribution in [0.4, 0.5) is 0 Å². The quantitative estimate of drug-likeness (QED) is 0.642. The van der Waals surface area contributed by atoms with Crippen LogP contribution >= 0.6 is 0 Å². The van der Waals surface area contributed by atoms with Crippen molar-refractivity contribution in [2.75, 3.05) is 0 Å². The van der Waals surface area contributed by atoms with Crippen molar-refractivity contribution in [3.8, 4) is 0 Å². The number of ketones is 1. The summed E-state index contributed by atoms with van der Waals surface area (Å²) >= 11 is 0. The van der Waals surface area contributed by atoms with E-state index in [1.54, 1.807) is 13.8 Å². The molecular weight excluding hydrogens is 156 g/mol. The molecule has 0 heterocycles. The molecule has 0 saturated heterocycles. The maximum Gasteiger partial charge on any atom is 0.314 e. The van der Waals surface area contributed by atoms with Gasteiger partial charge >= 0.3 is 5.97 Å². The molecular formula is C9H16O3. The topological polar surface area (TPSA) is 54.4 Å². The number of hydrogen-bond acceptors (Lipinski definition) is 2. The molecule has 2 unspecified atom stereocenters. The summed E-state index contributed by atoms with van der Waals surface area (Å²) in [5, 5.41) is 8.76. The first-order valence-electron chi connectivity index (χ1n) is 4.30. The zero-order chi connectivity index (χ0) is 9.72. The number of hydrogen-bond donors (Lipinski definition) is 1. The van der Waals surface area contributed by atoms with Crippen molar-refractivity contribution >= 4 is 11.8 Å². The molecule has 0 saturated carbocycles. The average Bonchev–Trinajstić information content (AvgIpc) is 2.03. The fourth-order valence-corrected chi connectivity index (χ4v) is 1.15. The second-order valence-electron chi connectivity index (χ2n) is 3.02. The Bertz CT molecular complexity index is 175. The van der Waals surface area contributed by atoms with E-state index in [9.17, 15) is 9.59 Å². The predicted molar refractivity (Wildman–Crippen MR) is 45.9 cm³/mol. The van der Waals surface area contributed by atoms with Crippen LogP contribution in [0.3, 0.4) is 0 Å². The van der Waals surface area contributed by atoms with Crippen molar-refractivity contribution < 1.29 is 14.7 Å². The van der Waals surface area contributed by atoms with Crippen LogP contribution in [-0.2, 0) is 9.59 Å². The number of carbonyl (C=O) groups excluding carboxylic acids is 1. The van der Waals surface area contributed by atoms with Crippen molar-refractivity contribution in [2.24, 2.45) is 11.8 Å². The third kappa shape index (κ3) is 2.64. The lowest BCUT2D eigenvalue weighted by Crippen LogP contribution is -2.29. The van der Waals surface area contributed by atoms with E-state index < -0.39 is 11.9 Å². The van der Waals surface area contributed by atoms with Crippen molar-refractivity contribution in [1.29, 1.82) is 0 Å². The molecule has 0 fully saturated rings. The van der Waals surface area contributed by atoms with E-state index in [0.717, 1.165) is 6.42 Å². The third-order valence-electron chi connectivity index (χ3n) is 2.17. The number of carboxylic acid groups (broad SMARTS) is 1. The van der Waals surface area contributed by atoms with Gasteiger partial charge in [0, 0.05) is 6.42 Å². The van der Waals surface area contributed by atoms with Gasteiger partial charge in [0.2, 0.25) is 0 Å². The van der Waals surface area contributed by atoms with Gasteiger partial charge in [0.15, 0.2) is 0 Å². The minimum atomic E-state index is -0.990. The molecule has 70 valence electrons. The Kier molecular flexibility index (Phi) is 4.55. The molecule has 3 nitrogen and oxygen atoms in total. The summed E-state index contributed by atoms with van der Waals surface area (Å²) in [6, 6.07) is 0. The number of carboxylic acids is 1.